The van der Waals surface area contributed by atoms with E-state index in [0.29, 0.717) is 54.0 Å². The number of piperazine rings is 1. The van der Waals surface area contributed by atoms with Gasteiger partial charge in [0.1, 0.15) is 17.0 Å². The van der Waals surface area contributed by atoms with Gasteiger partial charge in [-0.25, -0.2) is 0 Å². The lowest BCUT2D eigenvalue weighted by Crippen LogP contribution is -2.47. The Kier molecular flexibility index (Phi) is 5.93. The number of amides is 1. The van der Waals surface area contributed by atoms with Gasteiger partial charge >= 0.3 is 0 Å². The first-order chi connectivity index (χ1) is 16.4. The van der Waals surface area contributed by atoms with Gasteiger partial charge in [-0.1, -0.05) is 13.3 Å². The molecule has 8 heteroatoms. The number of likely N-dealkylation sites (N-methyl/N-ethyl adjacent to an activating group) is 1. The summed E-state index contributed by atoms with van der Waals surface area (Å²) in [5.74, 6) is 1.74. The summed E-state index contributed by atoms with van der Waals surface area (Å²) < 4.78 is 7.53. The van der Waals surface area contributed by atoms with Crippen LogP contribution in [0.15, 0.2) is 29.3 Å². The van der Waals surface area contributed by atoms with Crippen molar-refractivity contribution in [3.05, 3.63) is 46.1 Å². The van der Waals surface area contributed by atoms with Crippen molar-refractivity contribution in [3.8, 4) is 17.0 Å². The van der Waals surface area contributed by atoms with E-state index in [1.165, 1.54) is 6.42 Å². The molecule has 0 aromatic carbocycles. The van der Waals surface area contributed by atoms with Crippen LogP contribution in [0.5, 0.6) is 5.75 Å². The highest BCUT2D eigenvalue weighted by Gasteiger charge is 2.35. The Hall–Kier alpha value is -3.13. The SMILES string of the molecule is CCC1CC1Cn1cc(-c2ncc(C(=O)N3CCN(C)CC3)cc2OC)c2cc(C)[nH]c2c1=O.[HH]. The van der Waals surface area contributed by atoms with Crippen LogP contribution in [0.1, 0.15) is 37.2 Å². The van der Waals surface area contributed by atoms with Crippen LogP contribution in [-0.4, -0.2) is 70.6 Å². The number of aryl methyl sites for hydroxylation is 1. The molecule has 5 rings (SSSR count). The summed E-state index contributed by atoms with van der Waals surface area (Å²) >= 11 is 0. The number of nitrogens with zero attached hydrogens (tertiary/aromatic N) is 4. The van der Waals surface area contributed by atoms with Crippen molar-refractivity contribution in [1.29, 1.82) is 0 Å². The van der Waals surface area contributed by atoms with Crippen LogP contribution < -0.4 is 10.3 Å². The molecular weight excluding hydrogens is 430 g/mol. The minimum atomic E-state index is -0.0302. The minimum absolute atomic E-state index is 0. The number of aromatic amines is 1. The van der Waals surface area contributed by atoms with Crippen LogP contribution >= 0.6 is 0 Å². The van der Waals surface area contributed by atoms with Crippen LogP contribution in [0.2, 0.25) is 0 Å². The third-order valence-electron chi connectivity index (χ3n) is 7.39. The molecule has 1 saturated carbocycles. The second kappa shape index (κ2) is 8.91. The third kappa shape index (κ3) is 4.11. The van der Waals surface area contributed by atoms with Crippen LogP contribution in [0.4, 0.5) is 0 Å². The summed E-state index contributed by atoms with van der Waals surface area (Å²) in [6.07, 6.45) is 5.86. The number of ether oxygens (including phenoxy) is 1. The Morgan fingerprint density at radius 3 is 2.68 bits per heavy atom. The quantitative estimate of drug-likeness (QED) is 0.603. The fourth-order valence-electron chi connectivity index (χ4n) is 5.12. The fraction of sp³-hybridized carbons (Fsp3) is 0.500. The van der Waals surface area contributed by atoms with Gasteiger partial charge in [-0.3, -0.25) is 14.6 Å². The smallest absolute Gasteiger partial charge is 0.274 e. The predicted molar refractivity (Wildman–Crippen MR) is 134 cm³/mol. The highest BCUT2D eigenvalue weighted by atomic mass is 16.5. The van der Waals surface area contributed by atoms with Crippen LogP contribution in [0, 0.1) is 18.8 Å². The maximum Gasteiger partial charge on any atom is 0.274 e. The first-order valence-electron chi connectivity index (χ1n) is 12.1. The first kappa shape index (κ1) is 22.7. The van der Waals surface area contributed by atoms with Gasteiger partial charge in [0.15, 0.2) is 0 Å². The first-order valence-corrected chi connectivity index (χ1v) is 12.1. The maximum absolute atomic E-state index is 13.2. The number of hydrogen-bond donors (Lipinski definition) is 1. The number of fused-ring (bicyclic) bond motifs is 1. The van der Waals surface area contributed by atoms with Gasteiger partial charge in [0.05, 0.1) is 12.7 Å². The maximum atomic E-state index is 13.2. The van der Waals surface area contributed by atoms with E-state index in [-0.39, 0.29) is 12.9 Å². The van der Waals surface area contributed by atoms with Gasteiger partial charge in [0, 0.05) is 63.2 Å². The molecule has 1 N–H and O–H groups in total. The number of H-pyrrole nitrogens is 1. The predicted octanol–water partition coefficient (Wildman–Crippen LogP) is 3.39. The summed E-state index contributed by atoms with van der Waals surface area (Å²) in [5.41, 5.74) is 3.49. The number of aromatic nitrogens is 3. The normalized spacial score (nSPS) is 20.6. The number of methoxy groups -OCH3 is 1. The van der Waals surface area contributed by atoms with E-state index in [1.54, 1.807) is 19.4 Å². The lowest BCUT2D eigenvalue weighted by atomic mass is 10.1. The number of carbonyl (C=O) groups is 1. The van der Waals surface area contributed by atoms with Crippen molar-refractivity contribution in [3.63, 3.8) is 0 Å². The van der Waals surface area contributed by atoms with E-state index in [0.717, 1.165) is 36.2 Å². The van der Waals surface area contributed by atoms with Gasteiger partial charge in [0.25, 0.3) is 11.5 Å². The Balaban J connectivity index is 0.00000289. The molecule has 2 fully saturated rings. The molecule has 8 nitrogen and oxygen atoms in total. The van der Waals surface area contributed by atoms with E-state index in [9.17, 15) is 9.59 Å². The highest BCUT2D eigenvalue weighted by molar-refractivity contribution is 5.98. The van der Waals surface area contributed by atoms with Crippen molar-refractivity contribution < 1.29 is 11.0 Å². The molecule has 2 unspecified atom stereocenters. The third-order valence-corrected chi connectivity index (χ3v) is 7.39. The number of rotatable bonds is 6. The monoisotopic (exact) mass is 465 g/mol. The zero-order valence-electron chi connectivity index (χ0n) is 20.4. The molecule has 2 aliphatic rings. The second-order valence-corrected chi connectivity index (χ2v) is 9.78. The standard InChI is InChI=1S/C26H33N5O3.H2/c1-5-17-11-19(17)14-31-15-21(20-10-16(2)28-24(20)26(31)33)23-22(34-4)12-18(13-27-23)25(32)30-8-6-29(3)7-9-30;/h10,12-13,15,17,19,28H,5-9,11,14H2,1-4H3;1H. The average molecular weight is 466 g/mol. The number of hydrogen-bond acceptors (Lipinski definition) is 5. The zero-order chi connectivity index (χ0) is 24.0. The molecule has 1 aliphatic carbocycles. The summed E-state index contributed by atoms with van der Waals surface area (Å²) in [6.45, 7) is 7.99. The molecule has 3 aromatic heterocycles. The molecule has 2 atom stereocenters. The van der Waals surface area contributed by atoms with Crippen LogP contribution in [-0.2, 0) is 6.54 Å². The molecular formula is C26H35N5O3. The van der Waals surface area contributed by atoms with Crippen molar-refractivity contribution in [2.24, 2.45) is 11.8 Å². The van der Waals surface area contributed by atoms with Crippen LogP contribution in [0.3, 0.4) is 0 Å². The van der Waals surface area contributed by atoms with Gasteiger partial charge < -0.3 is 24.1 Å². The van der Waals surface area contributed by atoms with Gasteiger partial charge in [-0.05, 0) is 44.4 Å². The van der Waals surface area contributed by atoms with Gasteiger partial charge in [-0.2, -0.15) is 0 Å². The van der Waals surface area contributed by atoms with Crippen molar-refractivity contribution in [2.75, 3.05) is 40.3 Å². The van der Waals surface area contributed by atoms with E-state index < -0.39 is 0 Å². The average Bonchev–Trinajstić information content (AvgIpc) is 3.49. The second-order valence-electron chi connectivity index (χ2n) is 9.78. The van der Waals surface area contributed by atoms with Crippen LogP contribution in [0.25, 0.3) is 22.2 Å². The molecule has 4 heterocycles. The van der Waals surface area contributed by atoms with E-state index in [1.807, 2.05) is 28.7 Å². The number of carbonyl (C=O) groups excluding carboxylic acids is 1. The molecule has 182 valence electrons. The molecule has 0 spiro atoms. The fourth-order valence-corrected chi connectivity index (χ4v) is 5.12. The van der Waals surface area contributed by atoms with Gasteiger partial charge in [-0.15, -0.1) is 0 Å². The molecule has 1 saturated heterocycles. The molecule has 0 radical (unpaired) electrons. The Bertz CT molecular complexity index is 1290. The Labute approximate surface area is 201 Å². The summed E-state index contributed by atoms with van der Waals surface area (Å²) in [5, 5.41) is 0.825. The topological polar surface area (TPSA) is 83.5 Å². The lowest BCUT2D eigenvalue weighted by Gasteiger charge is -2.32. The van der Waals surface area contributed by atoms with E-state index >= 15 is 0 Å². The Morgan fingerprint density at radius 2 is 2.00 bits per heavy atom. The van der Waals surface area contributed by atoms with Crippen molar-refractivity contribution in [1.82, 2.24) is 24.3 Å². The van der Waals surface area contributed by atoms with E-state index in [2.05, 4.69) is 23.9 Å². The summed E-state index contributed by atoms with van der Waals surface area (Å²) in [4.78, 5) is 38.3. The molecule has 0 bridgehead atoms. The minimum Gasteiger partial charge on any atom is -0.494 e. The zero-order valence-corrected chi connectivity index (χ0v) is 20.4. The molecule has 1 aliphatic heterocycles. The van der Waals surface area contributed by atoms with Crippen molar-refractivity contribution >= 4 is 16.8 Å². The van der Waals surface area contributed by atoms with Crippen molar-refractivity contribution in [2.45, 2.75) is 33.2 Å². The Morgan fingerprint density at radius 1 is 1.24 bits per heavy atom. The largest absolute Gasteiger partial charge is 0.494 e. The van der Waals surface area contributed by atoms with E-state index in [4.69, 9.17) is 9.72 Å². The molecule has 1 amide bonds. The summed E-state index contributed by atoms with van der Waals surface area (Å²) in [7, 11) is 3.66. The highest BCUT2D eigenvalue weighted by Crippen LogP contribution is 2.42. The number of pyridine rings is 2. The summed E-state index contributed by atoms with van der Waals surface area (Å²) in [6, 6.07) is 3.75. The molecule has 34 heavy (non-hydrogen) atoms. The number of nitrogens with one attached hydrogen (secondary N) is 1. The van der Waals surface area contributed by atoms with Gasteiger partial charge in [0.2, 0.25) is 0 Å². The molecule has 3 aromatic rings. The lowest BCUT2D eigenvalue weighted by molar-refractivity contribution is 0.0663.